The van der Waals surface area contributed by atoms with Gasteiger partial charge in [-0.25, -0.2) is 4.79 Å². The van der Waals surface area contributed by atoms with Crippen LogP contribution >= 0.6 is 0 Å². The number of ether oxygens (including phenoxy) is 1. The van der Waals surface area contributed by atoms with Crippen LogP contribution in [0.2, 0.25) is 0 Å². The van der Waals surface area contributed by atoms with Gasteiger partial charge in [-0.05, 0) is 39.0 Å². The number of carbonyl (C=O) groups excluding carboxylic acids is 2. The fourth-order valence-electron chi connectivity index (χ4n) is 2.37. The first-order valence-corrected chi connectivity index (χ1v) is 6.68. The van der Waals surface area contributed by atoms with Gasteiger partial charge in [0, 0.05) is 19.0 Å². The third-order valence-electron chi connectivity index (χ3n) is 3.40. The second-order valence-corrected chi connectivity index (χ2v) is 6.42. The lowest BCUT2D eigenvalue weighted by atomic mass is 9.79. The molecule has 104 valence electrons. The molecule has 1 aliphatic heterocycles. The smallest absolute Gasteiger partial charge is 0.410 e. The molecule has 4 nitrogen and oxygen atoms in total. The van der Waals surface area contributed by atoms with Crippen LogP contribution in [-0.4, -0.2) is 36.0 Å². The number of amides is 1. The molecular formula is C14H25NO3. The highest BCUT2D eigenvalue weighted by Gasteiger charge is 2.34. The third-order valence-corrected chi connectivity index (χ3v) is 3.40. The lowest BCUT2D eigenvalue weighted by Crippen LogP contribution is -2.47. The second kappa shape index (κ2) is 5.72. The largest absolute Gasteiger partial charge is 0.444 e. The van der Waals surface area contributed by atoms with Crippen LogP contribution in [0.25, 0.3) is 0 Å². The Balaban J connectivity index is 2.65. The fraction of sp³-hybridized carbons (Fsp3) is 0.857. The molecule has 0 aromatic rings. The van der Waals surface area contributed by atoms with Crippen LogP contribution in [0.15, 0.2) is 0 Å². The standard InChI is InChI=1S/C14H25NO3/c1-10(2)12-8-15(7-6-11(12)9-16)13(17)18-14(3,4)5/h9-12H,6-8H2,1-5H3. The molecule has 1 saturated heterocycles. The van der Waals surface area contributed by atoms with E-state index < -0.39 is 5.60 Å². The van der Waals surface area contributed by atoms with E-state index in [-0.39, 0.29) is 17.9 Å². The highest BCUT2D eigenvalue weighted by atomic mass is 16.6. The lowest BCUT2D eigenvalue weighted by Gasteiger charge is -2.38. The van der Waals surface area contributed by atoms with Gasteiger partial charge in [-0.3, -0.25) is 0 Å². The molecule has 2 atom stereocenters. The van der Waals surface area contributed by atoms with Crippen molar-refractivity contribution in [2.24, 2.45) is 17.8 Å². The van der Waals surface area contributed by atoms with Crippen LogP contribution < -0.4 is 0 Å². The minimum atomic E-state index is -0.466. The van der Waals surface area contributed by atoms with Crippen molar-refractivity contribution in [2.75, 3.05) is 13.1 Å². The molecule has 1 rings (SSSR count). The molecule has 2 unspecified atom stereocenters. The number of rotatable bonds is 2. The molecule has 1 aliphatic rings. The van der Waals surface area contributed by atoms with Crippen molar-refractivity contribution < 1.29 is 14.3 Å². The van der Waals surface area contributed by atoms with Crippen LogP contribution in [0.1, 0.15) is 41.0 Å². The molecular weight excluding hydrogens is 230 g/mol. The highest BCUT2D eigenvalue weighted by Crippen LogP contribution is 2.29. The maximum absolute atomic E-state index is 12.0. The van der Waals surface area contributed by atoms with E-state index in [0.717, 1.165) is 12.7 Å². The van der Waals surface area contributed by atoms with E-state index in [4.69, 9.17) is 4.74 Å². The Kier molecular flexibility index (Phi) is 4.77. The number of hydrogen-bond donors (Lipinski definition) is 0. The predicted octanol–water partition coefficient (Wildman–Crippen LogP) is 2.71. The van der Waals surface area contributed by atoms with Gasteiger partial charge < -0.3 is 14.4 Å². The van der Waals surface area contributed by atoms with Gasteiger partial charge in [-0.1, -0.05) is 13.8 Å². The number of hydrogen-bond acceptors (Lipinski definition) is 3. The molecule has 0 aliphatic carbocycles. The van der Waals surface area contributed by atoms with E-state index in [2.05, 4.69) is 13.8 Å². The average Bonchev–Trinajstić information content (AvgIpc) is 2.25. The van der Waals surface area contributed by atoms with Crippen molar-refractivity contribution in [3.05, 3.63) is 0 Å². The summed E-state index contributed by atoms with van der Waals surface area (Å²) in [4.78, 5) is 24.8. The van der Waals surface area contributed by atoms with Gasteiger partial charge >= 0.3 is 6.09 Å². The molecule has 0 bridgehead atoms. The Morgan fingerprint density at radius 3 is 2.44 bits per heavy atom. The zero-order valence-corrected chi connectivity index (χ0v) is 12.1. The summed E-state index contributed by atoms with van der Waals surface area (Å²) in [5.41, 5.74) is -0.466. The Hall–Kier alpha value is -1.06. The first-order valence-electron chi connectivity index (χ1n) is 6.68. The van der Waals surface area contributed by atoms with Gasteiger partial charge in [-0.2, -0.15) is 0 Å². The number of piperidine rings is 1. The number of carbonyl (C=O) groups is 2. The van der Waals surface area contributed by atoms with E-state index in [9.17, 15) is 9.59 Å². The Labute approximate surface area is 110 Å². The van der Waals surface area contributed by atoms with Crippen molar-refractivity contribution in [2.45, 2.75) is 46.6 Å². The van der Waals surface area contributed by atoms with Gasteiger partial charge in [0.05, 0.1) is 0 Å². The molecule has 0 radical (unpaired) electrons. The monoisotopic (exact) mass is 255 g/mol. The summed E-state index contributed by atoms with van der Waals surface area (Å²) in [6, 6.07) is 0. The van der Waals surface area contributed by atoms with Gasteiger partial charge in [0.1, 0.15) is 11.9 Å². The van der Waals surface area contributed by atoms with E-state index in [1.807, 2.05) is 20.8 Å². The van der Waals surface area contributed by atoms with Gasteiger partial charge in [0.15, 0.2) is 0 Å². The molecule has 0 saturated carbocycles. The van der Waals surface area contributed by atoms with Crippen molar-refractivity contribution in [3.63, 3.8) is 0 Å². The maximum atomic E-state index is 12.0. The molecule has 1 fully saturated rings. The summed E-state index contributed by atoms with van der Waals surface area (Å²) in [6.07, 6.45) is 1.51. The summed E-state index contributed by atoms with van der Waals surface area (Å²) in [7, 11) is 0. The predicted molar refractivity (Wildman–Crippen MR) is 70.3 cm³/mol. The highest BCUT2D eigenvalue weighted by molar-refractivity contribution is 5.68. The molecule has 0 aromatic heterocycles. The Morgan fingerprint density at radius 1 is 1.39 bits per heavy atom. The van der Waals surface area contributed by atoms with Crippen molar-refractivity contribution >= 4 is 12.4 Å². The number of nitrogens with zero attached hydrogens (tertiary/aromatic N) is 1. The summed E-state index contributed by atoms with van der Waals surface area (Å²) in [5, 5.41) is 0. The zero-order chi connectivity index (χ0) is 13.9. The molecule has 4 heteroatoms. The van der Waals surface area contributed by atoms with E-state index in [1.54, 1.807) is 4.90 Å². The Bertz CT molecular complexity index is 307. The summed E-state index contributed by atoms with van der Waals surface area (Å²) in [5.74, 6) is 0.706. The van der Waals surface area contributed by atoms with Gasteiger partial charge in [0.2, 0.25) is 0 Å². The minimum Gasteiger partial charge on any atom is -0.444 e. The maximum Gasteiger partial charge on any atom is 0.410 e. The number of aldehydes is 1. The summed E-state index contributed by atoms with van der Waals surface area (Å²) < 4.78 is 5.37. The molecule has 0 aromatic carbocycles. The van der Waals surface area contributed by atoms with Gasteiger partial charge in [-0.15, -0.1) is 0 Å². The minimum absolute atomic E-state index is 0.0729. The van der Waals surface area contributed by atoms with E-state index >= 15 is 0 Å². The van der Waals surface area contributed by atoms with Crippen LogP contribution in [0.3, 0.4) is 0 Å². The SMILES string of the molecule is CC(C)C1CN(C(=O)OC(C)(C)C)CCC1C=O. The first kappa shape index (κ1) is 15.0. The van der Waals surface area contributed by atoms with Crippen LogP contribution in [0.4, 0.5) is 4.79 Å². The van der Waals surface area contributed by atoms with Crippen molar-refractivity contribution in [1.82, 2.24) is 4.90 Å². The third kappa shape index (κ3) is 4.00. The average molecular weight is 255 g/mol. The first-order chi connectivity index (χ1) is 8.24. The lowest BCUT2D eigenvalue weighted by molar-refractivity contribution is -0.115. The molecule has 18 heavy (non-hydrogen) atoms. The quantitative estimate of drug-likeness (QED) is 0.713. The molecule has 1 heterocycles. The molecule has 1 amide bonds. The zero-order valence-electron chi connectivity index (χ0n) is 12.1. The van der Waals surface area contributed by atoms with Crippen LogP contribution in [0, 0.1) is 17.8 Å². The van der Waals surface area contributed by atoms with E-state index in [0.29, 0.717) is 19.0 Å². The fourth-order valence-corrected chi connectivity index (χ4v) is 2.37. The normalized spacial score (nSPS) is 25.1. The van der Waals surface area contributed by atoms with Crippen LogP contribution in [0.5, 0.6) is 0 Å². The van der Waals surface area contributed by atoms with E-state index in [1.165, 1.54) is 0 Å². The topological polar surface area (TPSA) is 46.6 Å². The Morgan fingerprint density at radius 2 is 2.00 bits per heavy atom. The molecule has 0 spiro atoms. The van der Waals surface area contributed by atoms with Crippen LogP contribution in [-0.2, 0) is 9.53 Å². The van der Waals surface area contributed by atoms with Gasteiger partial charge in [0.25, 0.3) is 0 Å². The summed E-state index contributed by atoms with van der Waals surface area (Å²) in [6.45, 7) is 11.0. The summed E-state index contributed by atoms with van der Waals surface area (Å²) >= 11 is 0. The molecule has 0 N–H and O–H groups in total. The van der Waals surface area contributed by atoms with Crippen molar-refractivity contribution in [3.8, 4) is 0 Å². The number of likely N-dealkylation sites (tertiary alicyclic amines) is 1. The van der Waals surface area contributed by atoms with Crippen molar-refractivity contribution in [1.29, 1.82) is 0 Å². The second-order valence-electron chi connectivity index (χ2n) is 6.42.